The summed E-state index contributed by atoms with van der Waals surface area (Å²) in [5.74, 6) is -6.59. The molecule has 0 radical (unpaired) electrons. The van der Waals surface area contributed by atoms with Crippen molar-refractivity contribution in [1.82, 2.24) is 4.90 Å². The van der Waals surface area contributed by atoms with Crippen LogP contribution in [-0.4, -0.2) is 54.5 Å². The third kappa shape index (κ3) is 3.06. The Kier molecular flexibility index (Phi) is 5.76. The number of alkyl halides is 10. The van der Waals surface area contributed by atoms with Crippen molar-refractivity contribution < 1.29 is 48.6 Å². The quantitative estimate of drug-likeness (QED) is 0.511. The highest BCUT2D eigenvalue weighted by Crippen LogP contribution is 2.59. The fourth-order valence-corrected chi connectivity index (χ4v) is 2.57. The van der Waals surface area contributed by atoms with Gasteiger partial charge in [0, 0.05) is 19.7 Å². The predicted octanol–water partition coefficient (Wildman–Crippen LogP) is 4.60. The van der Waals surface area contributed by atoms with Crippen LogP contribution >= 0.6 is 0 Å². The molecule has 12 heteroatoms. The van der Waals surface area contributed by atoms with Crippen LogP contribution in [-0.2, 0) is 4.74 Å². The molecule has 2 nitrogen and oxygen atoms in total. The Morgan fingerprint density at radius 1 is 0.750 bits per heavy atom. The van der Waals surface area contributed by atoms with E-state index in [0.29, 0.717) is 13.3 Å². The van der Waals surface area contributed by atoms with Crippen LogP contribution in [0, 0.1) is 0 Å². The second-order valence-corrected chi connectivity index (χ2v) is 5.27. The first-order valence-electron chi connectivity index (χ1n) is 6.95. The summed E-state index contributed by atoms with van der Waals surface area (Å²) >= 11 is 0. The van der Waals surface area contributed by atoms with E-state index in [4.69, 9.17) is 0 Å². The predicted molar refractivity (Wildman–Crippen MR) is 61.8 cm³/mol. The molecule has 0 N–H and O–H groups in total. The zero-order valence-corrected chi connectivity index (χ0v) is 12.4. The highest BCUT2D eigenvalue weighted by molar-refractivity contribution is 5.12. The van der Waals surface area contributed by atoms with Crippen LogP contribution in [0.2, 0.25) is 0 Å². The molecule has 1 rings (SSSR count). The molecular formula is C12H15F10NO. The standard InChI is InChI=1S/C12H15F10NO/c1-2-24-8(10(15,16)17,11(18,19)20)9(13,14)12(21,22)23-6-4-3-5-7-23/h2-7H2,1H3. The van der Waals surface area contributed by atoms with E-state index in [2.05, 4.69) is 4.74 Å². The van der Waals surface area contributed by atoms with Gasteiger partial charge in [-0.1, -0.05) is 6.42 Å². The first-order valence-corrected chi connectivity index (χ1v) is 6.95. The van der Waals surface area contributed by atoms with Gasteiger partial charge in [0.05, 0.1) is 0 Å². The van der Waals surface area contributed by atoms with Gasteiger partial charge in [-0.3, -0.25) is 0 Å². The van der Waals surface area contributed by atoms with Gasteiger partial charge in [0.2, 0.25) is 0 Å². The lowest BCUT2D eigenvalue weighted by atomic mass is 9.90. The SMILES string of the molecule is CCOC(C(F)(F)F)(C(F)(F)F)C(F)(F)C(F)(F)N1CCCCC1. The van der Waals surface area contributed by atoms with Crippen molar-refractivity contribution in [1.29, 1.82) is 0 Å². The van der Waals surface area contributed by atoms with Crippen LogP contribution in [0.1, 0.15) is 26.2 Å². The van der Waals surface area contributed by atoms with Gasteiger partial charge in [0.25, 0.3) is 0 Å². The van der Waals surface area contributed by atoms with Crippen LogP contribution in [0.3, 0.4) is 0 Å². The molecule has 144 valence electrons. The Bertz CT molecular complexity index is 411. The van der Waals surface area contributed by atoms with Gasteiger partial charge >= 0.3 is 29.9 Å². The van der Waals surface area contributed by atoms with E-state index in [-0.39, 0.29) is 17.7 Å². The molecule has 0 spiro atoms. The largest absolute Gasteiger partial charge is 0.433 e. The molecule has 1 aliphatic rings. The van der Waals surface area contributed by atoms with Crippen molar-refractivity contribution in [3.63, 3.8) is 0 Å². The van der Waals surface area contributed by atoms with Crippen molar-refractivity contribution in [2.45, 2.75) is 56.1 Å². The molecule has 0 aromatic rings. The molecule has 0 aliphatic carbocycles. The van der Waals surface area contributed by atoms with E-state index in [1.807, 2.05) is 0 Å². The lowest BCUT2D eigenvalue weighted by Gasteiger charge is -2.47. The molecule has 0 aromatic carbocycles. The minimum atomic E-state index is -6.82. The number of hydrogen-bond acceptors (Lipinski definition) is 2. The number of ether oxygens (including phenoxy) is 1. The van der Waals surface area contributed by atoms with Crippen LogP contribution in [0.5, 0.6) is 0 Å². The smallest absolute Gasteiger partial charge is 0.354 e. The second-order valence-electron chi connectivity index (χ2n) is 5.27. The van der Waals surface area contributed by atoms with E-state index in [0.717, 1.165) is 0 Å². The normalized spacial score (nSPS) is 19.6. The third-order valence-electron chi connectivity index (χ3n) is 3.73. The Hall–Kier alpha value is -0.780. The van der Waals surface area contributed by atoms with Crippen LogP contribution in [0.15, 0.2) is 0 Å². The average molecular weight is 379 g/mol. The lowest BCUT2D eigenvalue weighted by molar-refractivity contribution is -0.471. The van der Waals surface area contributed by atoms with E-state index >= 15 is 0 Å². The highest BCUT2D eigenvalue weighted by atomic mass is 19.4. The van der Waals surface area contributed by atoms with Crippen LogP contribution < -0.4 is 0 Å². The fourth-order valence-electron chi connectivity index (χ4n) is 2.57. The Morgan fingerprint density at radius 2 is 1.17 bits per heavy atom. The highest BCUT2D eigenvalue weighted by Gasteiger charge is 2.90. The van der Waals surface area contributed by atoms with Gasteiger partial charge in [-0.2, -0.15) is 43.9 Å². The molecule has 1 heterocycles. The van der Waals surface area contributed by atoms with Crippen molar-refractivity contribution in [2.24, 2.45) is 0 Å². The van der Waals surface area contributed by atoms with E-state index in [9.17, 15) is 43.9 Å². The summed E-state index contributed by atoms with van der Waals surface area (Å²) in [6.07, 6.45) is -13.4. The molecule has 0 bridgehead atoms. The van der Waals surface area contributed by atoms with Crippen LogP contribution in [0.4, 0.5) is 43.9 Å². The number of likely N-dealkylation sites (tertiary alicyclic amines) is 1. The van der Waals surface area contributed by atoms with Crippen LogP contribution in [0.25, 0.3) is 0 Å². The summed E-state index contributed by atoms with van der Waals surface area (Å²) in [5, 5.41) is 0. The van der Waals surface area contributed by atoms with Gasteiger partial charge < -0.3 is 4.74 Å². The molecule has 1 fully saturated rings. The van der Waals surface area contributed by atoms with Crippen molar-refractivity contribution in [3.05, 3.63) is 0 Å². The molecule has 0 unspecified atom stereocenters. The molecular weight excluding hydrogens is 364 g/mol. The molecule has 0 aromatic heterocycles. The number of halogens is 10. The van der Waals surface area contributed by atoms with Gasteiger partial charge in [-0.15, -0.1) is 0 Å². The molecule has 0 atom stereocenters. The topological polar surface area (TPSA) is 12.5 Å². The Labute approximate surface area is 130 Å². The summed E-state index contributed by atoms with van der Waals surface area (Å²) in [7, 11) is 0. The minimum absolute atomic E-state index is 0.0503. The molecule has 0 amide bonds. The van der Waals surface area contributed by atoms with Gasteiger partial charge in [-0.05, 0) is 19.8 Å². The maximum absolute atomic E-state index is 14.1. The first-order chi connectivity index (χ1) is 10.7. The number of piperidine rings is 1. The monoisotopic (exact) mass is 379 g/mol. The Morgan fingerprint density at radius 3 is 1.50 bits per heavy atom. The summed E-state index contributed by atoms with van der Waals surface area (Å²) in [6.45, 7) is -2.42. The van der Waals surface area contributed by atoms with Gasteiger partial charge in [0.1, 0.15) is 0 Å². The zero-order chi connectivity index (χ0) is 19.0. The number of nitrogens with zero attached hydrogens (tertiary/aromatic N) is 1. The van der Waals surface area contributed by atoms with E-state index in [1.165, 1.54) is 0 Å². The molecule has 0 saturated carbocycles. The van der Waals surface area contributed by atoms with E-state index in [1.54, 1.807) is 0 Å². The van der Waals surface area contributed by atoms with Crippen molar-refractivity contribution in [2.75, 3.05) is 19.7 Å². The second kappa shape index (κ2) is 6.50. The number of hydrogen-bond donors (Lipinski definition) is 0. The molecule has 1 aliphatic heterocycles. The summed E-state index contributed by atoms with van der Waals surface area (Å²) in [5.41, 5.74) is -6.32. The van der Waals surface area contributed by atoms with Gasteiger partial charge in [-0.25, -0.2) is 4.90 Å². The third-order valence-corrected chi connectivity index (χ3v) is 3.73. The Balaban J connectivity index is 3.53. The van der Waals surface area contributed by atoms with Crippen molar-refractivity contribution in [3.8, 4) is 0 Å². The van der Waals surface area contributed by atoms with Gasteiger partial charge in [0.15, 0.2) is 0 Å². The summed E-state index contributed by atoms with van der Waals surface area (Å²) in [4.78, 5) is -0.359. The minimum Gasteiger partial charge on any atom is -0.354 e. The lowest BCUT2D eigenvalue weighted by Crippen LogP contribution is -2.76. The zero-order valence-electron chi connectivity index (χ0n) is 12.4. The number of rotatable bonds is 5. The summed E-state index contributed by atoms with van der Waals surface area (Å²) < 4.78 is 138. The van der Waals surface area contributed by atoms with E-state index < -0.39 is 49.6 Å². The fraction of sp³-hybridized carbons (Fsp3) is 1.00. The first kappa shape index (κ1) is 21.3. The molecule has 24 heavy (non-hydrogen) atoms. The molecule has 1 saturated heterocycles. The van der Waals surface area contributed by atoms with Crippen molar-refractivity contribution >= 4 is 0 Å². The summed E-state index contributed by atoms with van der Waals surface area (Å²) in [6, 6.07) is -5.70. The average Bonchev–Trinajstić information content (AvgIpc) is 2.42. The maximum Gasteiger partial charge on any atom is 0.433 e. The maximum atomic E-state index is 14.1.